The Hall–Kier alpha value is -2.23. The summed E-state index contributed by atoms with van der Waals surface area (Å²) in [4.78, 5) is 12.3. The van der Waals surface area contributed by atoms with Crippen LogP contribution in [0.2, 0.25) is 0 Å². The number of hydrogen-bond acceptors (Lipinski definition) is 8. The van der Waals surface area contributed by atoms with Gasteiger partial charge >= 0.3 is 5.97 Å². The fourth-order valence-electron chi connectivity index (χ4n) is 2.96. The molecule has 2 aromatic carbocycles. The van der Waals surface area contributed by atoms with Crippen molar-refractivity contribution < 1.29 is 33.2 Å². The van der Waals surface area contributed by atoms with Crippen molar-refractivity contribution in [3.8, 4) is 5.75 Å². The summed E-state index contributed by atoms with van der Waals surface area (Å²) in [6.45, 7) is 7.40. The molecule has 0 saturated carbocycles. The number of carbonyl (C=O) groups excluding carboxylic acids is 1. The molecule has 0 aliphatic carbocycles. The summed E-state index contributed by atoms with van der Waals surface area (Å²) < 4.78 is 32.6. The van der Waals surface area contributed by atoms with Gasteiger partial charge in [0.1, 0.15) is 25.1 Å². The standard InChI is InChI=1S/C25H37NO7/c1-20(2)26-17-22(18-32-24-10-6-8-21-7-4-5-9-23(21)24)33-25(27)19-31-16-15-30-14-13-29-12-11-28-3/h4-10,20,22,26H,11-19H2,1-3H3/t22-/m0/s1. The topological polar surface area (TPSA) is 84.5 Å². The van der Waals surface area contributed by atoms with Crippen LogP contribution in [0.3, 0.4) is 0 Å². The van der Waals surface area contributed by atoms with E-state index in [2.05, 4.69) is 5.32 Å². The molecule has 2 rings (SSSR count). The predicted octanol–water partition coefficient (Wildman–Crippen LogP) is 2.82. The van der Waals surface area contributed by atoms with E-state index in [0.29, 0.717) is 46.2 Å². The molecule has 1 atom stereocenters. The van der Waals surface area contributed by atoms with E-state index in [0.717, 1.165) is 16.5 Å². The van der Waals surface area contributed by atoms with Crippen molar-refractivity contribution in [1.29, 1.82) is 0 Å². The van der Waals surface area contributed by atoms with Gasteiger partial charge in [-0.3, -0.25) is 0 Å². The quantitative estimate of drug-likeness (QED) is 0.267. The van der Waals surface area contributed by atoms with E-state index in [4.69, 9.17) is 28.4 Å². The molecule has 1 N–H and O–H groups in total. The number of fused-ring (bicyclic) bond motifs is 1. The minimum absolute atomic E-state index is 0.139. The highest BCUT2D eigenvalue weighted by Crippen LogP contribution is 2.25. The molecule has 8 nitrogen and oxygen atoms in total. The molecule has 0 aliphatic heterocycles. The largest absolute Gasteiger partial charge is 0.489 e. The molecular weight excluding hydrogens is 426 g/mol. The van der Waals surface area contributed by atoms with E-state index < -0.39 is 12.1 Å². The monoisotopic (exact) mass is 463 g/mol. The first-order valence-corrected chi connectivity index (χ1v) is 11.4. The summed E-state index contributed by atoms with van der Waals surface area (Å²) in [5, 5.41) is 5.42. The van der Waals surface area contributed by atoms with Gasteiger partial charge in [-0.2, -0.15) is 0 Å². The van der Waals surface area contributed by atoms with Gasteiger partial charge in [-0.15, -0.1) is 0 Å². The summed E-state index contributed by atoms with van der Waals surface area (Å²) >= 11 is 0. The van der Waals surface area contributed by atoms with Gasteiger partial charge in [-0.25, -0.2) is 4.79 Å². The molecule has 0 heterocycles. The van der Waals surface area contributed by atoms with Crippen LogP contribution < -0.4 is 10.1 Å². The fraction of sp³-hybridized carbons (Fsp3) is 0.560. The Balaban J connectivity index is 1.70. The van der Waals surface area contributed by atoms with Gasteiger partial charge < -0.3 is 33.7 Å². The Morgan fingerprint density at radius 2 is 1.55 bits per heavy atom. The average molecular weight is 464 g/mol. The highest BCUT2D eigenvalue weighted by molar-refractivity contribution is 5.88. The Morgan fingerprint density at radius 3 is 2.27 bits per heavy atom. The maximum atomic E-state index is 12.3. The summed E-state index contributed by atoms with van der Waals surface area (Å²) in [7, 11) is 1.63. The van der Waals surface area contributed by atoms with Crippen LogP contribution in [0.5, 0.6) is 5.75 Å². The Morgan fingerprint density at radius 1 is 0.879 bits per heavy atom. The first-order valence-electron chi connectivity index (χ1n) is 11.4. The number of methoxy groups -OCH3 is 1. The van der Waals surface area contributed by atoms with E-state index in [1.165, 1.54) is 0 Å². The van der Waals surface area contributed by atoms with Gasteiger partial charge in [0.15, 0.2) is 0 Å². The second kappa shape index (κ2) is 16.4. The smallest absolute Gasteiger partial charge is 0.332 e. The van der Waals surface area contributed by atoms with Crippen molar-refractivity contribution in [1.82, 2.24) is 5.32 Å². The number of carbonyl (C=O) groups is 1. The first kappa shape index (κ1) is 27.0. The molecule has 0 bridgehead atoms. The van der Waals surface area contributed by atoms with Crippen LogP contribution in [0.25, 0.3) is 10.8 Å². The molecule has 0 unspecified atom stereocenters. The van der Waals surface area contributed by atoms with Crippen LogP contribution in [-0.4, -0.2) is 84.6 Å². The van der Waals surface area contributed by atoms with E-state index in [1.54, 1.807) is 7.11 Å². The van der Waals surface area contributed by atoms with Crippen molar-refractivity contribution in [2.75, 3.05) is 66.5 Å². The summed E-state index contributed by atoms with van der Waals surface area (Å²) in [6, 6.07) is 14.2. The van der Waals surface area contributed by atoms with Gasteiger partial charge in [0.2, 0.25) is 0 Å². The van der Waals surface area contributed by atoms with Crippen LogP contribution in [-0.2, 0) is 28.5 Å². The maximum Gasteiger partial charge on any atom is 0.332 e. The number of ether oxygens (including phenoxy) is 6. The van der Waals surface area contributed by atoms with E-state index >= 15 is 0 Å². The average Bonchev–Trinajstić information content (AvgIpc) is 2.82. The Bertz CT molecular complexity index is 794. The molecule has 0 saturated heterocycles. The zero-order valence-corrected chi connectivity index (χ0v) is 19.9. The third kappa shape index (κ3) is 11.5. The molecular formula is C25H37NO7. The van der Waals surface area contributed by atoms with Crippen molar-refractivity contribution in [2.24, 2.45) is 0 Å². The number of hydrogen-bond donors (Lipinski definition) is 1. The molecule has 0 aliphatic rings. The lowest BCUT2D eigenvalue weighted by Gasteiger charge is -2.21. The molecule has 184 valence electrons. The predicted molar refractivity (Wildman–Crippen MR) is 127 cm³/mol. The third-order valence-electron chi connectivity index (χ3n) is 4.62. The lowest BCUT2D eigenvalue weighted by atomic mass is 10.1. The third-order valence-corrected chi connectivity index (χ3v) is 4.62. The SMILES string of the molecule is COCCOCCOCCOCC(=O)O[C@@H](CNC(C)C)COc1cccc2ccccc12. The summed E-state index contributed by atoms with van der Waals surface area (Å²) in [5.41, 5.74) is 0. The lowest BCUT2D eigenvalue weighted by molar-refractivity contribution is -0.156. The van der Waals surface area contributed by atoms with Gasteiger partial charge in [-0.1, -0.05) is 50.2 Å². The minimum atomic E-state index is -0.442. The van der Waals surface area contributed by atoms with E-state index in [9.17, 15) is 4.79 Å². The number of nitrogens with one attached hydrogen (secondary N) is 1. The zero-order chi connectivity index (χ0) is 23.7. The van der Waals surface area contributed by atoms with Crippen LogP contribution in [0.1, 0.15) is 13.8 Å². The van der Waals surface area contributed by atoms with Crippen molar-refractivity contribution >= 4 is 16.7 Å². The Kier molecular flexibility index (Phi) is 13.4. The lowest BCUT2D eigenvalue weighted by Crippen LogP contribution is -2.39. The number of benzene rings is 2. The molecule has 0 spiro atoms. The molecule has 0 radical (unpaired) electrons. The normalized spacial score (nSPS) is 12.2. The molecule has 0 amide bonds. The number of rotatable bonds is 18. The maximum absolute atomic E-state index is 12.3. The highest BCUT2D eigenvalue weighted by Gasteiger charge is 2.17. The van der Waals surface area contributed by atoms with E-state index in [-0.39, 0.29) is 19.3 Å². The molecule has 2 aromatic rings. The summed E-state index contributed by atoms with van der Waals surface area (Å²) in [6.07, 6.45) is -0.442. The van der Waals surface area contributed by atoms with Gasteiger partial charge in [-0.05, 0) is 11.5 Å². The fourth-order valence-corrected chi connectivity index (χ4v) is 2.96. The van der Waals surface area contributed by atoms with Crippen LogP contribution in [0, 0.1) is 0 Å². The highest BCUT2D eigenvalue weighted by atomic mass is 16.6. The minimum Gasteiger partial charge on any atom is -0.489 e. The Labute approximate surface area is 196 Å². The molecule has 0 fully saturated rings. The second-order valence-corrected chi connectivity index (χ2v) is 7.73. The molecule has 8 heteroatoms. The molecule has 33 heavy (non-hydrogen) atoms. The van der Waals surface area contributed by atoms with Crippen LogP contribution in [0.4, 0.5) is 0 Å². The first-order chi connectivity index (χ1) is 16.1. The van der Waals surface area contributed by atoms with Crippen molar-refractivity contribution in [2.45, 2.75) is 26.0 Å². The van der Waals surface area contributed by atoms with Crippen LogP contribution in [0.15, 0.2) is 42.5 Å². The van der Waals surface area contributed by atoms with Gasteiger partial charge in [0.25, 0.3) is 0 Å². The van der Waals surface area contributed by atoms with Gasteiger partial charge in [0, 0.05) is 25.1 Å². The van der Waals surface area contributed by atoms with Gasteiger partial charge in [0.05, 0.1) is 39.6 Å². The zero-order valence-electron chi connectivity index (χ0n) is 19.9. The number of esters is 1. The van der Waals surface area contributed by atoms with Crippen LogP contribution >= 0.6 is 0 Å². The second-order valence-electron chi connectivity index (χ2n) is 7.73. The summed E-state index contributed by atoms with van der Waals surface area (Å²) in [5.74, 6) is 0.327. The molecule has 0 aromatic heterocycles. The van der Waals surface area contributed by atoms with E-state index in [1.807, 2.05) is 56.3 Å². The van der Waals surface area contributed by atoms with Crippen molar-refractivity contribution in [3.05, 3.63) is 42.5 Å². The van der Waals surface area contributed by atoms with Crippen molar-refractivity contribution in [3.63, 3.8) is 0 Å².